The van der Waals surface area contributed by atoms with Crippen molar-refractivity contribution in [1.29, 1.82) is 0 Å². The zero-order chi connectivity index (χ0) is 16.7. The van der Waals surface area contributed by atoms with Crippen LogP contribution in [0.5, 0.6) is 0 Å². The first-order valence-corrected chi connectivity index (χ1v) is 8.42. The van der Waals surface area contributed by atoms with Crippen LogP contribution in [0.3, 0.4) is 0 Å². The van der Waals surface area contributed by atoms with Crippen LogP contribution < -0.4 is 10.3 Å². The van der Waals surface area contributed by atoms with Crippen LogP contribution in [-0.2, 0) is 7.05 Å². The van der Waals surface area contributed by atoms with Crippen molar-refractivity contribution in [3.63, 3.8) is 0 Å². The molecule has 2 aromatic carbocycles. The lowest BCUT2D eigenvalue weighted by Crippen LogP contribution is -2.18. The molecule has 0 aliphatic heterocycles. The van der Waals surface area contributed by atoms with Crippen LogP contribution in [0.1, 0.15) is 0 Å². The van der Waals surface area contributed by atoms with Crippen LogP contribution in [0.2, 0.25) is 0 Å². The number of nitrogens with one attached hydrogen (secondary N) is 1. The van der Waals surface area contributed by atoms with Gasteiger partial charge in [0.25, 0.3) is 5.56 Å². The molecule has 4 aromatic rings. The molecule has 0 saturated heterocycles. The third kappa shape index (κ3) is 2.31. The van der Waals surface area contributed by atoms with Crippen LogP contribution in [0.15, 0.2) is 64.4 Å². The third-order valence-corrected chi connectivity index (χ3v) is 4.65. The number of pyridine rings is 1. The number of nitrogens with zero attached hydrogens (tertiary/aromatic N) is 3. The average molecular weight is 336 g/mol. The van der Waals surface area contributed by atoms with Gasteiger partial charge in [-0.15, -0.1) is 0 Å². The predicted octanol–water partition coefficient (Wildman–Crippen LogP) is 3.10. The van der Waals surface area contributed by atoms with Gasteiger partial charge in [0.1, 0.15) is 5.52 Å². The molecular weight excluding hydrogens is 320 g/mol. The van der Waals surface area contributed by atoms with Crippen LogP contribution in [0.4, 0.5) is 0 Å². The topological polar surface area (TPSA) is 51.9 Å². The number of fused-ring (bicyclic) bond motifs is 3. The quantitative estimate of drug-likeness (QED) is 0.584. The van der Waals surface area contributed by atoms with Gasteiger partial charge in [-0.1, -0.05) is 18.2 Å². The summed E-state index contributed by atoms with van der Waals surface area (Å²) in [5.74, 6) is 0. The van der Waals surface area contributed by atoms with Crippen molar-refractivity contribution in [1.82, 2.24) is 19.1 Å². The number of para-hydroxylation sites is 1. The highest BCUT2D eigenvalue weighted by Crippen LogP contribution is 2.27. The molecule has 0 aliphatic carbocycles. The average Bonchev–Trinajstić information content (AvgIpc) is 2.99. The van der Waals surface area contributed by atoms with Crippen molar-refractivity contribution >= 4 is 33.8 Å². The maximum absolute atomic E-state index is 13.1. The summed E-state index contributed by atoms with van der Waals surface area (Å²) >= 11 is 1.54. The molecule has 0 fully saturated rings. The van der Waals surface area contributed by atoms with Crippen molar-refractivity contribution in [3.8, 4) is 5.69 Å². The Morgan fingerprint density at radius 2 is 1.88 bits per heavy atom. The Kier molecular flexibility index (Phi) is 3.63. The first-order chi connectivity index (χ1) is 11.7. The van der Waals surface area contributed by atoms with E-state index >= 15 is 0 Å². The zero-order valence-electron chi connectivity index (χ0n) is 13.4. The second-order valence-electron chi connectivity index (χ2n) is 5.53. The van der Waals surface area contributed by atoms with E-state index in [9.17, 15) is 4.79 Å². The molecule has 6 heteroatoms. The summed E-state index contributed by atoms with van der Waals surface area (Å²) in [5.41, 5.74) is 2.40. The summed E-state index contributed by atoms with van der Waals surface area (Å²) in [7, 11) is 3.72. The number of rotatable bonds is 3. The molecular formula is C18H16N4OS. The van der Waals surface area contributed by atoms with Crippen molar-refractivity contribution in [2.45, 2.75) is 4.90 Å². The minimum absolute atomic E-state index is 0.0502. The highest BCUT2D eigenvalue weighted by atomic mass is 32.2. The molecule has 24 heavy (non-hydrogen) atoms. The fourth-order valence-electron chi connectivity index (χ4n) is 2.99. The summed E-state index contributed by atoms with van der Waals surface area (Å²) in [6, 6.07) is 15.8. The van der Waals surface area contributed by atoms with Gasteiger partial charge >= 0.3 is 0 Å². The fourth-order valence-corrected chi connectivity index (χ4v) is 3.54. The van der Waals surface area contributed by atoms with E-state index in [4.69, 9.17) is 0 Å². The van der Waals surface area contributed by atoms with E-state index in [1.165, 1.54) is 11.9 Å². The normalized spacial score (nSPS) is 11.4. The van der Waals surface area contributed by atoms with E-state index in [1.807, 2.05) is 56.6 Å². The summed E-state index contributed by atoms with van der Waals surface area (Å²) in [5, 5.41) is 6.10. The lowest BCUT2D eigenvalue weighted by Gasteiger charge is -2.12. The van der Waals surface area contributed by atoms with Crippen molar-refractivity contribution in [2.24, 2.45) is 7.05 Å². The first kappa shape index (κ1) is 15.0. The summed E-state index contributed by atoms with van der Waals surface area (Å²) in [4.78, 5) is 14.1. The van der Waals surface area contributed by atoms with E-state index < -0.39 is 0 Å². The molecule has 0 amide bonds. The lowest BCUT2D eigenvalue weighted by molar-refractivity contribution is 0.780. The van der Waals surface area contributed by atoms with E-state index in [1.54, 1.807) is 15.4 Å². The third-order valence-electron chi connectivity index (χ3n) is 3.96. The zero-order valence-corrected chi connectivity index (χ0v) is 14.2. The Morgan fingerprint density at radius 3 is 2.62 bits per heavy atom. The molecule has 0 bridgehead atoms. The molecule has 0 unspecified atom stereocenters. The molecule has 4 rings (SSSR count). The molecule has 2 heterocycles. The van der Waals surface area contributed by atoms with Gasteiger partial charge in [0, 0.05) is 29.2 Å². The molecule has 0 aliphatic rings. The lowest BCUT2D eigenvalue weighted by atomic mass is 10.1. The monoisotopic (exact) mass is 336 g/mol. The minimum atomic E-state index is -0.0502. The van der Waals surface area contributed by atoms with Crippen LogP contribution >= 0.6 is 11.9 Å². The Hall–Kier alpha value is -2.57. The number of hydrogen-bond acceptors (Lipinski definition) is 4. The molecule has 1 N–H and O–H groups in total. The maximum atomic E-state index is 13.1. The van der Waals surface area contributed by atoms with Gasteiger partial charge in [0.2, 0.25) is 0 Å². The van der Waals surface area contributed by atoms with Gasteiger partial charge < -0.3 is 0 Å². The predicted molar refractivity (Wildman–Crippen MR) is 98.7 cm³/mol. The molecule has 2 aromatic heterocycles. The maximum Gasteiger partial charge on any atom is 0.266 e. The van der Waals surface area contributed by atoms with Gasteiger partial charge in [0.15, 0.2) is 0 Å². The Bertz CT molecular complexity index is 1100. The molecule has 120 valence electrons. The summed E-state index contributed by atoms with van der Waals surface area (Å²) in [6.45, 7) is 0. The largest absolute Gasteiger partial charge is 0.276 e. The van der Waals surface area contributed by atoms with E-state index in [2.05, 4.69) is 15.9 Å². The van der Waals surface area contributed by atoms with Crippen LogP contribution in [0.25, 0.3) is 27.5 Å². The van der Waals surface area contributed by atoms with Gasteiger partial charge in [-0.25, -0.2) is 0 Å². The van der Waals surface area contributed by atoms with E-state index in [0.29, 0.717) is 5.39 Å². The SMILES string of the molecule is CNSc1ccc2c(c1)c1nn(C)cc1c(=O)n2-c1ccccc1. The standard InChI is InChI=1S/C18H16N4OS/c1-19-24-13-8-9-16-14(10-13)17-15(11-21(2)20-17)18(23)22(16)12-6-4-3-5-7-12/h3-11,19H,1-2H3. The van der Waals surface area contributed by atoms with E-state index in [-0.39, 0.29) is 5.56 Å². The Balaban J connectivity index is 2.17. The van der Waals surface area contributed by atoms with Gasteiger partial charge in [-0.3, -0.25) is 18.8 Å². The van der Waals surface area contributed by atoms with Crippen molar-refractivity contribution < 1.29 is 0 Å². The second-order valence-corrected chi connectivity index (χ2v) is 6.61. The smallest absolute Gasteiger partial charge is 0.266 e. The van der Waals surface area contributed by atoms with Gasteiger partial charge in [0.05, 0.1) is 10.9 Å². The van der Waals surface area contributed by atoms with Crippen molar-refractivity contribution in [3.05, 3.63) is 65.1 Å². The molecule has 5 nitrogen and oxygen atoms in total. The van der Waals surface area contributed by atoms with Crippen LogP contribution in [-0.4, -0.2) is 21.4 Å². The Labute approximate surface area is 143 Å². The molecule has 0 atom stereocenters. The molecule has 0 spiro atoms. The Morgan fingerprint density at radius 1 is 1.08 bits per heavy atom. The number of aromatic nitrogens is 3. The highest BCUT2D eigenvalue weighted by Gasteiger charge is 2.15. The van der Waals surface area contributed by atoms with E-state index in [0.717, 1.165) is 27.0 Å². The first-order valence-electron chi connectivity index (χ1n) is 7.60. The second kappa shape index (κ2) is 5.81. The number of aryl methyl sites for hydroxylation is 1. The number of hydrogen-bond donors (Lipinski definition) is 1. The van der Waals surface area contributed by atoms with Gasteiger partial charge in [-0.2, -0.15) is 5.10 Å². The molecule has 0 radical (unpaired) electrons. The van der Waals surface area contributed by atoms with Crippen molar-refractivity contribution in [2.75, 3.05) is 7.05 Å². The summed E-state index contributed by atoms with van der Waals surface area (Å²) in [6.07, 6.45) is 1.79. The highest BCUT2D eigenvalue weighted by molar-refractivity contribution is 7.97. The summed E-state index contributed by atoms with van der Waals surface area (Å²) < 4.78 is 6.53. The number of benzene rings is 2. The van der Waals surface area contributed by atoms with Crippen LogP contribution in [0, 0.1) is 0 Å². The minimum Gasteiger partial charge on any atom is -0.276 e. The molecule has 0 saturated carbocycles. The fraction of sp³-hybridized carbons (Fsp3) is 0.111. The van der Waals surface area contributed by atoms with Gasteiger partial charge in [-0.05, 0) is 49.3 Å².